The first-order valence-electron chi connectivity index (χ1n) is 17.4. The maximum absolute atomic E-state index is 7.63. The second-order valence-electron chi connectivity index (χ2n) is 14.4. The van der Waals surface area contributed by atoms with Crippen molar-refractivity contribution in [2.24, 2.45) is 11.8 Å². The minimum absolute atomic E-state index is 0.103. The van der Waals surface area contributed by atoms with Crippen LogP contribution in [-0.4, -0.2) is 6.71 Å². The predicted octanol–water partition coefficient (Wildman–Crippen LogP) is 9.41. The summed E-state index contributed by atoms with van der Waals surface area (Å²) in [5.41, 5.74) is 18.0. The molecule has 1 spiro atoms. The lowest BCUT2D eigenvalue weighted by molar-refractivity contribution is 0.327. The van der Waals surface area contributed by atoms with E-state index in [-0.39, 0.29) is 12.1 Å². The van der Waals surface area contributed by atoms with Gasteiger partial charge in [0.2, 0.25) is 0 Å². The van der Waals surface area contributed by atoms with E-state index in [2.05, 4.69) is 136 Å². The molecule has 48 heavy (non-hydrogen) atoms. The molecule has 2 heterocycles. The molecule has 2 bridgehead atoms. The number of para-hydroxylation sites is 2. The van der Waals surface area contributed by atoms with Crippen molar-refractivity contribution in [1.82, 2.24) is 0 Å². The number of rotatable bonds is 2. The standard InChI is InChI=1S/C44H32BN3/c1-46-30-20-22-32(23-21-30)48-41-17-9-16-40-43(41)45(37-14-7-8-15-39(37)47(40)31-10-3-2-4-11-31)38-26-36-34(25-42(38)48)33-12-5-6-13-35(33)44(36)27-28-18-19-29(44)24-28/h2-17,20-23,25-26,28-29H,18-19,24,27H2. The zero-order valence-electron chi connectivity index (χ0n) is 26.6. The van der Waals surface area contributed by atoms with Crippen LogP contribution in [0.3, 0.4) is 0 Å². The molecule has 11 rings (SSSR count). The monoisotopic (exact) mass is 613 g/mol. The van der Waals surface area contributed by atoms with Crippen LogP contribution in [-0.2, 0) is 5.41 Å². The molecule has 3 unspecified atom stereocenters. The van der Waals surface area contributed by atoms with E-state index >= 15 is 0 Å². The van der Waals surface area contributed by atoms with Crippen LogP contribution in [0.25, 0.3) is 16.0 Å². The van der Waals surface area contributed by atoms with Gasteiger partial charge in [0.15, 0.2) is 5.69 Å². The molecular weight excluding hydrogens is 581 g/mol. The topological polar surface area (TPSA) is 10.8 Å². The predicted molar refractivity (Wildman–Crippen MR) is 198 cm³/mol. The Labute approximate surface area is 282 Å². The van der Waals surface area contributed by atoms with Gasteiger partial charge in [-0.1, -0.05) is 91.3 Å². The molecule has 3 aliphatic carbocycles. The minimum atomic E-state index is 0.103. The molecule has 2 fully saturated rings. The Morgan fingerprint density at radius 2 is 1.31 bits per heavy atom. The molecule has 226 valence electrons. The average Bonchev–Trinajstić information content (AvgIpc) is 3.84. The molecule has 0 amide bonds. The normalized spacial score (nSPS) is 21.8. The first-order chi connectivity index (χ1) is 23.7. The first kappa shape index (κ1) is 26.5. The van der Waals surface area contributed by atoms with E-state index in [1.54, 1.807) is 11.1 Å². The maximum Gasteiger partial charge on any atom is 0.252 e. The van der Waals surface area contributed by atoms with Gasteiger partial charge < -0.3 is 9.80 Å². The van der Waals surface area contributed by atoms with Crippen LogP contribution in [0.15, 0.2) is 133 Å². The molecular formula is C44H32BN3. The van der Waals surface area contributed by atoms with Crippen molar-refractivity contribution in [3.63, 3.8) is 0 Å². The van der Waals surface area contributed by atoms with E-state index in [0.29, 0.717) is 11.6 Å². The van der Waals surface area contributed by atoms with Gasteiger partial charge in [-0.2, -0.15) is 0 Å². The van der Waals surface area contributed by atoms with Gasteiger partial charge in [-0.15, -0.1) is 0 Å². The van der Waals surface area contributed by atoms with Gasteiger partial charge in [0.05, 0.1) is 6.57 Å². The summed E-state index contributed by atoms with van der Waals surface area (Å²) in [6, 6.07) is 49.4. The molecule has 0 aromatic heterocycles. The van der Waals surface area contributed by atoms with E-state index in [1.165, 1.54) is 81.6 Å². The molecule has 0 radical (unpaired) electrons. The van der Waals surface area contributed by atoms with Gasteiger partial charge in [-0.25, -0.2) is 4.85 Å². The van der Waals surface area contributed by atoms with E-state index < -0.39 is 0 Å². The van der Waals surface area contributed by atoms with Gasteiger partial charge in [0, 0.05) is 39.5 Å². The molecule has 4 heteroatoms. The van der Waals surface area contributed by atoms with Gasteiger partial charge in [-0.05, 0) is 118 Å². The number of nitrogens with zero attached hydrogens (tertiary/aromatic N) is 3. The smallest absolute Gasteiger partial charge is 0.252 e. The first-order valence-corrected chi connectivity index (χ1v) is 17.4. The highest BCUT2D eigenvalue weighted by atomic mass is 15.2. The number of hydrogen-bond donors (Lipinski definition) is 0. The Hall–Kier alpha value is -5.53. The molecule has 6 aromatic rings. The lowest BCUT2D eigenvalue weighted by Crippen LogP contribution is -2.61. The molecule has 3 nitrogen and oxygen atoms in total. The van der Waals surface area contributed by atoms with E-state index in [1.807, 2.05) is 12.1 Å². The number of benzene rings is 6. The zero-order chi connectivity index (χ0) is 31.6. The molecule has 0 saturated heterocycles. The third-order valence-corrected chi connectivity index (χ3v) is 12.3. The average molecular weight is 614 g/mol. The SMILES string of the molecule is [C-]#[N+]c1ccc(N2c3cc4c(cc3B3c5ccccc5N(c5ccccc5)c5cccc2c53)C2(CC3CCC2C3)c2ccccc2-4)cc1. The van der Waals surface area contributed by atoms with Crippen molar-refractivity contribution < 1.29 is 0 Å². The van der Waals surface area contributed by atoms with E-state index in [4.69, 9.17) is 6.57 Å². The van der Waals surface area contributed by atoms with Crippen molar-refractivity contribution in [3.8, 4) is 11.1 Å². The number of fused-ring (bicyclic) bond motifs is 12. The summed E-state index contributed by atoms with van der Waals surface area (Å²) in [6.07, 6.45) is 5.34. The summed E-state index contributed by atoms with van der Waals surface area (Å²) in [6.45, 7) is 7.73. The molecule has 5 aliphatic rings. The number of hydrogen-bond acceptors (Lipinski definition) is 2. The second-order valence-corrected chi connectivity index (χ2v) is 14.4. The molecule has 0 N–H and O–H groups in total. The summed E-state index contributed by atoms with van der Waals surface area (Å²) in [5, 5.41) is 0. The van der Waals surface area contributed by atoms with Crippen LogP contribution in [0.5, 0.6) is 0 Å². The van der Waals surface area contributed by atoms with E-state index in [0.717, 1.165) is 11.6 Å². The Bertz CT molecular complexity index is 2360. The van der Waals surface area contributed by atoms with Crippen molar-refractivity contribution in [2.75, 3.05) is 9.80 Å². The highest BCUT2D eigenvalue weighted by molar-refractivity contribution is 7.00. The molecule has 2 aliphatic heterocycles. The van der Waals surface area contributed by atoms with Crippen molar-refractivity contribution in [1.29, 1.82) is 0 Å². The quantitative estimate of drug-likeness (QED) is 0.142. The van der Waals surface area contributed by atoms with E-state index in [9.17, 15) is 0 Å². The van der Waals surface area contributed by atoms with Crippen LogP contribution in [0, 0.1) is 18.4 Å². The third-order valence-electron chi connectivity index (χ3n) is 12.3. The Balaban J connectivity index is 1.24. The van der Waals surface area contributed by atoms with Gasteiger partial charge in [0.25, 0.3) is 6.71 Å². The lowest BCUT2D eigenvalue weighted by atomic mass is 9.33. The Morgan fingerprint density at radius 3 is 2.08 bits per heavy atom. The largest absolute Gasteiger partial charge is 0.312 e. The Morgan fingerprint density at radius 1 is 0.604 bits per heavy atom. The van der Waals surface area contributed by atoms with Crippen LogP contribution in [0.2, 0.25) is 0 Å². The number of anilines is 6. The minimum Gasteiger partial charge on any atom is -0.312 e. The highest BCUT2D eigenvalue weighted by Crippen LogP contribution is 2.66. The summed E-state index contributed by atoms with van der Waals surface area (Å²) in [4.78, 5) is 8.65. The van der Waals surface area contributed by atoms with Crippen LogP contribution >= 0.6 is 0 Å². The second kappa shape index (κ2) is 9.52. The van der Waals surface area contributed by atoms with Crippen LogP contribution in [0.4, 0.5) is 39.8 Å². The Kier molecular flexibility index (Phi) is 5.26. The zero-order valence-corrected chi connectivity index (χ0v) is 26.6. The maximum atomic E-state index is 7.63. The fourth-order valence-electron chi connectivity index (χ4n) is 10.6. The molecule has 6 aromatic carbocycles. The van der Waals surface area contributed by atoms with Gasteiger partial charge in [0.1, 0.15) is 0 Å². The van der Waals surface area contributed by atoms with Gasteiger partial charge >= 0.3 is 0 Å². The fraction of sp³-hybridized carbons (Fsp3) is 0.159. The molecule has 3 atom stereocenters. The third kappa shape index (κ3) is 3.29. The lowest BCUT2D eigenvalue weighted by Gasteiger charge is -2.45. The van der Waals surface area contributed by atoms with Crippen molar-refractivity contribution in [2.45, 2.75) is 31.1 Å². The summed E-state index contributed by atoms with van der Waals surface area (Å²) >= 11 is 0. The highest BCUT2D eigenvalue weighted by Gasteiger charge is 2.57. The summed E-state index contributed by atoms with van der Waals surface area (Å²) < 4.78 is 0. The van der Waals surface area contributed by atoms with Crippen LogP contribution < -0.4 is 26.2 Å². The van der Waals surface area contributed by atoms with Gasteiger partial charge in [-0.3, -0.25) is 0 Å². The van der Waals surface area contributed by atoms with Crippen molar-refractivity contribution >= 4 is 62.9 Å². The van der Waals surface area contributed by atoms with Crippen molar-refractivity contribution in [3.05, 3.63) is 156 Å². The fourth-order valence-corrected chi connectivity index (χ4v) is 10.6. The summed E-state index contributed by atoms with van der Waals surface area (Å²) in [7, 11) is 0. The molecule has 2 saturated carbocycles. The van der Waals surface area contributed by atoms with Crippen LogP contribution in [0.1, 0.15) is 36.8 Å². The summed E-state index contributed by atoms with van der Waals surface area (Å²) in [5.74, 6) is 1.53.